The average Bonchev–Trinajstić information content (AvgIpc) is 2.87. The van der Waals surface area contributed by atoms with Crippen molar-refractivity contribution in [1.82, 2.24) is 15.1 Å². The Hall–Kier alpha value is -3.99. The average molecular weight is 616 g/mol. The molecule has 1 saturated heterocycles. The Morgan fingerprint density at radius 3 is 2.16 bits per heavy atom. The van der Waals surface area contributed by atoms with Crippen molar-refractivity contribution < 1.29 is 37.7 Å². The molecule has 1 aliphatic heterocycles. The molecule has 2 aromatic carbocycles. The van der Waals surface area contributed by atoms with Gasteiger partial charge in [-0.15, -0.1) is 6.58 Å². The lowest BCUT2D eigenvalue weighted by molar-refractivity contribution is -0.152. The molecule has 0 spiro atoms. The van der Waals surface area contributed by atoms with Gasteiger partial charge in [-0.05, 0) is 77.6 Å². The SMILES string of the molecule is C=CCC1CN(Cc2ccccc2)C(=O)C([C@@H](O)[C@H](Cc2cc(F)cc(F)c2)NC(=O)OC(C)(C)C)N1C(=O)OC(C)(C)C. The summed E-state index contributed by atoms with van der Waals surface area (Å²) in [4.78, 5) is 43.5. The normalized spacial score (nSPS) is 18.8. The molecule has 9 nitrogen and oxygen atoms in total. The molecule has 44 heavy (non-hydrogen) atoms. The molecule has 0 aromatic heterocycles. The standard InChI is InChI=1S/C33H43F2N3O6/c1-8-12-25-20-37(19-21-13-10-9-11-14-21)29(40)27(38(25)31(42)44-33(5,6)7)28(39)26(36-30(41)43-32(2,3)4)17-22-15-23(34)18-24(35)16-22/h8-11,13-16,18,25-28,39H,1,12,17,19-20H2,2-7H3,(H,36,41)/t25?,26-,27?,28-/m0/s1. The van der Waals surface area contributed by atoms with Gasteiger partial charge in [0.2, 0.25) is 5.91 Å². The molecule has 2 unspecified atom stereocenters. The van der Waals surface area contributed by atoms with E-state index in [-0.39, 0.29) is 31.5 Å². The molecule has 3 amide bonds. The molecule has 4 atom stereocenters. The number of nitrogens with zero attached hydrogens (tertiary/aromatic N) is 2. The second-order valence-electron chi connectivity index (χ2n) is 12.9. The molecule has 11 heteroatoms. The Morgan fingerprint density at radius 1 is 1.02 bits per heavy atom. The van der Waals surface area contributed by atoms with Crippen LogP contribution < -0.4 is 5.32 Å². The van der Waals surface area contributed by atoms with E-state index in [2.05, 4.69) is 11.9 Å². The lowest BCUT2D eigenvalue weighted by Crippen LogP contribution is -2.69. The molecule has 0 bridgehead atoms. The maximum atomic E-state index is 14.2. The predicted molar refractivity (Wildman–Crippen MR) is 162 cm³/mol. The van der Waals surface area contributed by atoms with Crippen LogP contribution in [0.1, 0.15) is 59.1 Å². The molecule has 2 aromatic rings. The van der Waals surface area contributed by atoms with Crippen molar-refractivity contribution in [3.63, 3.8) is 0 Å². The zero-order chi connectivity index (χ0) is 32.8. The van der Waals surface area contributed by atoms with Gasteiger partial charge in [-0.1, -0.05) is 36.4 Å². The van der Waals surface area contributed by atoms with Gasteiger partial charge in [-0.3, -0.25) is 9.69 Å². The van der Waals surface area contributed by atoms with E-state index in [0.717, 1.165) is 17.7 Å². The second-order valence-corrected chi connectivity index (χ2v) is 12.9. The van der Waals surface area contributed by atoms with Gasteiger partial charge in [0.05, 0.1) is 12.1 Å². The number of hydrogen-bond donors (Lipinski definition) is 2. The first-order chi connectivity index (χ1) is 20.5. The van der Waals surface area contributed by atoms with Crippen molar-refractivity contribution in [2.24, 2.45) is 0 Å². The number of aliphatic hydroxyl groups is 1. The molecular formula is C33H43F2N3O6. The van der Waals surface area contributed by atoms with Crippen LogP contribution in [0.15, 0.2) is 61.2 Å². The van der Waals surface area contributed by atoms with Gasteiger partial charge in [0.15, 0.2) is 0 Å². The summed E-state index contributed by atoms with van der Waals surface area (Å²) >= 11 is 0. The molecule has 1 aliphatic rings. The second kappa shape index (κ2) is 14.2. The summed E-state index contributed by atoms with van der Waals surface area (Å²) in [5.41, 5.74) is -0.896. The third-order valence-corrected chi connectivity index (χ3v) is 6.76. The van der Waals surface area contributed by atoms with Crippen LogP contribution >= 0.6 is 0 Å². The molecule has 1 fully saturated rings. The Labute approximate surface area is 257 Å². The van der Waals surface area contributed by atoms with Crippen LogP contribution in [-0.2, 0) is 27.2 Å². The zero-order valence-corrected chi connectivity index (χ0v) is 26.2. The molecular weight excluding hydrogens is 572 g/mol. The Balaban J connectivity index is 2.10. The number of carbonyl (C=O) groups excluding carboxylic acids is 3. The van der Waals surface area contributed by atoms with Crippen LogP contribution in [0.5, 0.6) is 0 Å². The maximum Gasteiger partial charge on any atom is 0.411 e. The predicted octanol–water partition coefficient (Wildman–Crippen LogP) is 5.35. The lowest BCUT2D eigenvalue weighted by atomic mass is 9.91. The summed E-state index contributed by atoms with van der Waals surface area (Å²) in [6.07, 6.45) is -1.93. The molecule has 0 aliphatic carbocycles. The molecule has 3 rings (SSSR count). The monoisotopic (exact) mass is 615 g/mol. The first-order valence-corrected chi connectivity index (χ1v) is 14.5. The van der Waals surface area contributed by atoms with E-state index in [0.29, 0.717) is 6.07 Å². The molecule has 1 heterocycles. The number of hydrogen-bond acceptors (Lipinski definition) is 6. The van der Waals surface area contributed by atoms with Crippen molar-refractivity contribution in [2.45, 2.75) is 96.4 Å². The van der Waals surface area contributed by atoms with E-state index < -0.39 is 65.2 Å². The van der Waals surface area contributed by atoms with E-state index >= 15 is 0 Å². The number of piperazine rings is 1. The third kappa shape index (κ3) is 9.77. The van der Waals surface area contributed by atoms with E-state index in [1.807, 2.05) is 30.3 Å². The Bertz CT molecular complexity index is 1300. The number of amides is 3. The van der Waals surface area contributed by atoms with Crippen molar-refractivity contribution in [1.29, 1.82) is 0 Å². The highest BCUT2D eigenvalue weighted by Crippen LogP contribution is 2.28. The van der Waals surface area contributed by atoms with Crippen LogP contribution in [0.2, 0.25) is 0 Å². The van der Waals surface area contributed by atoms with E-state index in [1.54, 1.807) is 47.6 Å². The largest absolute Gasteiger partial charge is 0.444 e. The summed E-state index contributed by atoms with van der Waals surface area (Å²) in [5.74, 6) is -2.29. The number of halogens is 2. The number of ether oxygens (including phenoxy) is 2. The smallest absolute Gasteiger partial charge is 0.411 e. The van der Waals surface area contributed by atoms with Gasteiger partial charge in [0, 0.05) is 19.2 Å². The summed E-state index contributed by atoms with van der Waals surface area (Å²) in [6.45, 7) is 14.1. The maximum absolute atomic E-state index is 14.2. The van der Waals surface area contributed by atoms with Crippen LogP contribution in [0.4, 0.5) is 18.4 Å². The van der Waals surface area contributed by atoms with Gasteiger partial charge in [0.1, 0.15) is 35.0 Å². The minimum atomic E-state index is -1.75. The van der Waals surface area contributed by atoms with E-state index in [1.165, 1.54) is 9.80 Å². The fraction of sp³-hybridized carbons (Fsp3) is 0.485. The van der Waals surface area contributed by atoms with Crippen molar-refractivity contribution >= 4 is 18.1 Å². The number of alkyl carbamates (subject to hydrolysis) is 1. The molecule has 0 saturated carbocycles. The number of carbonyl (C=O) groups is 3. The fourth-order valence-corrected chi connectivity index (χ4v) is 5.10. The van der Waals surface area contributed by atoms with E-state index in [9.17, 15) is 28.3 Å². The van der Waals surface area contributed by atoms with Gasteiger partial charge < -0.3 is 24.8 Å². The van der Waals surface area contributed by atoms with Crippen LogP contribution in [0, 0.1) is 11.6 Å². The van der Waals surface area contributed by atoms with Crippen LogP contribution in [0.3, 0.4) is 0 Å². The van der Waals surface area contributed by atoms with Crippen LogP contribution in [-0.4, -0.2) is 75.0 Å². The fourth-order valence-electron chi connectivity index (χ4n) is 5.10. The van der Waals surface area contributed by atoms with Gasteiger partial charge >= 0.3 is 12.2 Å². The number of benzene rings is 2. The zero-order valence-electron chi connectivity index (χ0n) is 26.2. The number of rotatable bonds is 9. The topological polar surface area (TPSA) is 108 Å². The van der Waals surface area contributed by atoms with Crippen molar-refractivity contribution in [2.75, 3.05) is 6.54 Å². The van der Waals surface area contributed by atoms with Crippen molar-refractivity contribution in [3.8, 4) is 0 Å². The quantitative estimate of drug-likeness (QED) is 0.368. The Kier molecular flexibility index (Phi) is 11.1. The van der Waals surface area contributed by atoms with Gasteiger partial charge in [-0.2, -0.15) is 0 Å². The highest BCUT2D eigenvalue weighted by Gasteiger charge is 2.50. The summed E-state index contributed by atoms with van der Waals surface area (Å²) in [6, 6.07) is 8.57. The first-order valence-electron chi connectivity index (χ1n) is 14.5. The number of nitrogens with one attached hydrogen (secondary N) is 1. The van der Waals surface area contributed by atoms with Crippen molar-refractivity contribution in [3.05, 3.63) is 83.9 Å². The summed E-state index contributed by atoms with van der Waals surface area (Å²) < 4.78 is 39.4. The molecule has 2 N–H and O–H groups in total. The minimum Gasteiger partial charge on any atom is -0.444 e. The first kappa shape index (κ1) is 34.5. The minimum absolute atomic E-state index is 0.110. The van der Waals surface area contributed by atoms with Gasteiger partial charge in [-0.25, -0.2) is 18.4 Å². The highest BCUT2D eigenvalue weighted by atomic mass is 19.1. The number of aliphatic hydroxyl groups excluding tert-OH is 1. The lowest BCUT2D eigenvalue weighted by Gasteiger charge is -2.48. The van der Waals surface area contributed by atoms with E-state index in [4.69, 9.17) is 9.47 Å². The third-order valence-electron chi connectivity index (χ3n) is 6.76. The van der Waals surface area contributed by atoms with Gasteiger partial charge in [0.25, 0.3) is 0 Å². The van der Waals surface area contributed by atoms with Crippen LogP contribution in [0.25, 0.3) is 0 Å². The summed E-state index contributed by atoms with van der Waals surface area (Å²) in [7, 11) is 0. The molecule has 0 radical (unpaired) electrons. The summed E-state index contributed by atoms with van der Waals surface area (Å²) in [5, 5.41) is 14.5. The highest BCUT2D eigenvalue weighted by molar-refractivity contribution is 5.88. The Morgan fingerprint density at radius 2 is 1.61 bits per heavy atom. The molecule has 240 valence electrons.